The van der Waals surface area contributed by atoms with Crippen LogP contribution in [0.3, 0.4) is 0 Å². The van der Waals surface area contributed by atoms with Crippen LogP contribution in [0.1, 0.15) is 51.0 Å². The van der Waals surface area contributed by atoms with E-state index in [1.54, 1.807) is 5.57 Å². The number of hydrogen-bond acceptors (Lipinski definition) is 2. The van der Waals surface area contributed by atoms with Gasteiger partial charge < -0.3 is 10.1 Å². The van der Waals surface area contributed by atoms with Crippen molar-refractivity contribution in [2.24, 2.45) is 0 Å². The molecule has 122 valence electrons. The van der Waals surface area contributed by atoms with Gasteiger partial charge in [-0.2, -0.15) is 0 Å². The largest absolute Gasteiger partial charge is 0.492 e. The highest BCUT2D eigenvalue weighted by Gasteiger charge is 2.10. The van der Waals surface area contributed by atoms with Crippen LogP contribution in [-0.2, 0) is 6.54 Å². The van der Waals surface area contributed by atoms with E-state index in [0.717, 1.165) is 40.8 Å². The maximum atomic E-state index is 5.90. The Labute approximate surface area is 151 Å². The first-order chi connectivity index (χ1) is 10.7. The monoisotopic (exact) mass is 429 g/mol. The van der Waals surface area contributed by atoms with Crippen molar-refractivity contribution in [1.29, 1.82) is 0 Å². The molecule has 0 heterocycles. The molecule has 0 unspecified atom stereocenters. The normalized spacial score (nSPS) is 14.8. The van der Waals surface area contributed by atoms with E-state index < -0.39 is 0 Å². The van der Waals surface area contributed by atoms with Crippen molar-refractivity contribution in [3.8, 4) is 5.75 Å². The zero-order valence-corrected chi connectivity index (χ0v) is 16.4. The Hall–Kier alpha value is -0.320. The predicted octanol–water partition coefficient (Wildman–Crippen LogP) is 5.98. The number of hydrogen-bond donors (Lipinski definition) is 1. The SMILES string of the molecule is CCCOc1c(Br)cc(Br)cc1CNCCC1=CCCCC1. The molecule has 1 aliphatic carbocycles. The van der Waals surface area contributed by atoms with Crippen molar-refractivity contribution in [2.45, 2.75) is 52.0 Å². The first kappa shape index (κ1) is 18.0. The third kappa shape index (κ3) is 5.71. The van der Waals surface area contributed by atoms with Crippen LogP contribution in [0.25, 0.3) is 0 Å². The molecule has 1 N–H and O–H groups in total. The minimum absolute atomic E-state index is 0.750. The van der Waals surface area contributed by atoms with E-state index in [0.29, 0.717) is 0 Å². The summed E-state index contributed by atoms with van der Waals surface area (Å²) in [7, 11) is 0. The number of halogens is 2. The smallest absolute Gasteiger partial charge is 0.138 e. The third-order valence-corrected chi connectivity index (χ3v) is 4.91. The van der Waals surface area contributed by atoms with E-state index in [-0.39, 0.29) is 0 Å². The summed E-state index contributed by atoms with van der Waals surface area (Å²) in [6, 6.07) is 4.18. The number of benzene rings is 1. The summed E-state index contributed by atoms with van der Waals surface area (Å²) in [6.45, 7) is 4.75. The molecule has 0 saturated carbocycles. The zero-order chi connectivity index (χ0) is 15.8. The van der Waals surface area contributed by atoms with Gasteiger partial charge >= 0.3 is 0 Å². The summed E-state index contributed by atoms with van der Waals surface area (Å²) >= 11 is 7.17. The Morgan fingerprint density at radius 2 is 2.09 bits per heavy atom. The zero-order valence-electron chi connectivity index (χ0n) is 13.3. The molecular weight excluding hydrogens is 406 g/mol. The second kappa shape index (κ2) is 9.74. The molecule has 1 aromatic rings. The highest BCUT2D eigenvalue weighted by Crippen LogP contribution is 2.33. The Balaban J connectivity index is 1.89. The molecule has 0 saturated heterocycles. The van der Waals surface area contributed by atoms with Gasteiger partial charge in [0.15, 0.2) is 0 Å². The van der Waals surface area contributed by atoms with Crippen LogP contribution in [-0.4, -0.2) is 13.2 Å². The first-order valence-electron chi connectivity index (χ1n) is 8.20. The van der Waals surface area contributed by atoms with Gasteiger partial charge in [0.2, 0.25) is 0 Å². The third-order valence-electron chi connectivity index (χ3n) is 3.86. The lowest BCUT2D eigenvalue weighted by atomic mass is 9.97. The molecule has 22 heavy (non-hydrogen) atoms. The standard InChI is InChI=1S/C18H25Br2NO/c1-2-10-22-18-15(11-16(19)12-17(18)20)13-21-9-8-14-6-4-3-5-7-14/h6,11-12,21H,2-5,7-10,13H2,1H3. The maximum Gasteiger partial charge on any atom is 0.138 e. The Morgan fingerprint density at radius 1 is 1.23 bits per heavy atom. The second-order valence-electron chi connectivity index (χ2n) is 5.76. The van der Waals surface area contributed by atoms with Crippen LogP contribution < -0.4 is 10.1 Å². The Kier molecular flexibility index (Phi) is 7.98. The molecule has 4 heteroatoms. The number of allylic oxidation sites excluding steroid dienone is 1. The first-order valence-corrected chi connectivity index (χ1v) is 9.78. The molecule has 0 atom stereocenters. The fourth-order valence-electron chi connectivity index (χ4n) is 2.71. The van der Waals surface area contributed by atoms with E-state index >= 15 is 0 Å². The Morgan fingerprint density at radius 3 is 2.82 bits per heavy atom. The van der Waals surface area contributed by atoms with E-state index in [2.05, 4.69) is 56.2 Å². The van der Waals surface area contributed by atoms with Crippen molar-refractivity contribution in [1.82, 2.24) is 5.32 Å². The van der Waals surface area contributed by atoms with Crippen molar-refractivity contribution >= 4 is 31.9 Å². The van der Waals surface area contributed by atoms with E-state index in [1.807, 2.05) is 6.07 Å². The van der Waals surface area contributed by atoms with Crippen molar-refractivity contribution in [2.75, 3.05) is 13.2 Å². The average Bonchev–Trinajstić information content (AvgIpc) is 2.51. The van der Waals surface area contributed by atoms with Crippen molar-refractivity contribution in [3.05, 3.63) is 38.3 Å². The van der Waals surface area contributed by atoms with Gasteiger partial charge in [-0.05, 0) is 73.1 Å². The van der Waals surface area contributed by atoms with Gasteiger partial charge in [-0.1, -0.05) is 34.5 Å². The number of nitrogens with one attached hydrogen (secondary N) is 1. The summed E-state index contributed by atoms with van der Waals surface area (Å²) < 4.78 is 7.99. The van der Waals surface area contributed by atoms with Crippen LogP contribution in [0.2, 0.25) is 0 Å². The van der Waals surface area contributed by atoms with Gasteiger partial charge in [0.1, 0.15) is 5.75 Å². The molecule has 2 rings (SSSR count). The van der Waals surface area contributed by atoms with Crippen LogP contribution >= 0.6 is 31.9 Å². The van der Waals surface area contributed by atoms with Gasteiger partial charge in [-0.15, -0.1) is 0 Å². The summed E-state index contributed by atoms with van der Waals surface area (Å²) in [6.07, 6.45) is 9.89. The van der Waals surface area contributed by atoms with Gasteiger partial charge in [-0.25, -0.2) is 0 Å². The van der Waals surface area contributed by atoms with Gasteiger partial charge in [0.05, 0.1) is 11.1 Å². The minimum Gasteiger partial charge on any atom is -0.492 e. The lowest BCUT2D eigenvalue weighted by molar-refractivity contribution is 0.311. The van der Waals surface area contributed by atoms with Gasteiger partial charge in [0, 0.05) is 16.6 Å². The second-order valence-corrected chi connectivity index (χ2v) is 7.53. The maximum absolute atomic E-state index is 5.90. The molecular formula is C18H25Br2NO. The van der Waals surface area contributed by atoms with Crippen molar-refractivity contribution in [3.63, 3.8) is 0 Å². The summed E-state index contributed by atoms with van der Waals surface area (Å²) in [5.41, 5.74) is 2.82. The molecule has 2 nitrogen and oxygen atoms in total. The quantitative estimate of drug-likeness (QED) is 0.404. The van der Waals surface area contributed by atoms with E-state index in [9.17, 15) is 0 Å². The molecule has 0 bridgehead atoms. The molecule has 0 radical (unpaired) electrons. The predicted molar refractivity (Wildman–Crippen MR) is 101 cm³/mol. The van der Waals surface area contributed by atoms with Gasteiger partial charge in [-0.3, -0.25) is 0 Å². The van der Waals surface area contributed by atoms with Crippen molar-refractivity contribution < 1.29 is 4.74 Å². The molecule has 0 aliphatic heterocycles. The lowest BCUT2D eigenvalue weighted by Crippen LogP contribution is -2.16. The molecule has 1 aliphatic rings. The molecule has 0 amide bonds. The highest BCUT2D eigenvalue weighted by molar-refractivity contribution is 9.11. The summed E-state index contributed by atoms with van der Waals surface area (Å²) in [4.78, 5) is 0. The van der Waals surface area contributed by atoms with E-state index in [1.165, 1.54) is 37.7 Å². The van der Waals surface area contributed by atoms with E-state index in [4.69, 9.17) is 4.74 Å². The number of ether oxygens (including phenoxy) is 1. The van der Waals surface area contributed by atoms with Gasteiger partial charge in [0.25, 0.3) is 0 Å². The van der Waals surface area contributed by atoms with Crippen LogP contribution in [0.5, 0.6) is 5.75 Å². The fraction of sp³-hybridized carbons (Fsp3) is 0.556. The number of rotatable bonds is 8. The lowest BCUT2D eigenvalue weighted by Gasteiger charge is -2.16. The fourth-order valence-corrected chi connectivity index (χ4v) is 4.14. The molecule has 0 aromatic heterocycles. The Bertz CT molecular complexity index is 514. The summed E-state index contributed by atoms with van der Waals surface area (Å²) in [5.74, 6) is 0.967. The molecule has 0 fully saturated rings. The average molecular weight is 431 g/mol. The summed E-state index contributed by atoms with van der Waals surface area (Å²) in [5, 5.41) is 3.56. The molecule has 0 spiro atoms. The molecule has 1 aromatic carbocycles. The van der Waals surface area contributed by atoms with Crippen LogP contribution in [0.4, 0.5) is 0 Å². The topological polar surface area (TPSA) is 21.3 Å². The minimum atomic E-state index is 0.750. The highest BCUT2D eigenvalue weighted by atomic mass is 79.9. The van der Waals surface area contributed by atoms with Crippen LogP contribution in [0.15, 0.2) is 32.7 Å². The van der Waals surface area contributed by atoms with Crippen LogP contribution in [0, 0.1) is 0 Å².